The average molecular weight is 326 g/mol. The van der Waals surface area contributed by atoms with E-state index in [2.05, 4.69) is 22.9 Å². The number of halogens is 1. The van der Waals surface area contributed by atoms with E-state index in [-0.39, 0.29) is 6.10 Å². The zero-order chi connectivity index (χ0) is 13.7. The molecule has 3 heteroatoms. The highest BCUT2D eigenvalue weighted by atomic mass is 79.9. The van der Waals surface area contributed by atoms with Gasteiger partial charge in [-0.05, 0) is 56.0 Å². The Morgan fingerprint density at radius 2 is 2.00 bits per heavy atom. The number of nitrogens with two attached hydrogens (primary N) is 1. The van der Waals surface area contributed by atoms with Crippen LogP contribution in [-0.4, -0.2) is 12.6 Å². The Morgan fingerprint density at radius 1 is 1.26 bits per heavy atom. The minimum absolute atomic E-state index is 0.288. The van der Waals surface area contributed by atoms with E-state index in [1.807, 2.05) is 24.3 Å². The Bertz CT molecular complexity index is 379. The summed E-state index contributed by atoms with van der Waals surface area (Å²) in [6, 6.07) is 8.11. The number of ether oxygens (including phenoxy) is 1. The van der Waals surface area contributed by atoms with Crippen molar-refractivity contribution in [2.24, 2.45) is 17.6 Å². The van der Waals surface area contributed by atoms with Crippen molar-refractivity contribution in [2.45, 2.75) is 45.1 Å². The molecule has 0 saturated heterocycles. The van der Waals surface area contributed by atoms with Gasteiger partial charge < -0.3 is 10.5 Å². The smallest absolute Gasteiger partial charge is 0.119 e. The Balaban J connectivity index is 1.99. The van der Waals surface area contributed by atoms with Gasteiger partial charge in [0, 0.05) is 10.4 Å². The molecule has 0 amide bonds. The van der Waals surface area contributed by atoms with Crippen LogP contribution >= 0.6 is 15.9 Å². The molecule has 0 spiro atoms. The van der Waals surface area contributed by atoms with Crippen LogP contribution in [0.3, 0.4) is 0 Å². The molecule has 1 aromatic carbocycles. The summed E-state index contributed by atoms with van der Waals surface area (Å²) in [5.74, 6) is 2.29. The summed E-state index contributed by atoms with van der Waals surface area (Å²) in [4.78, 5) is 0. The third-order valence-corrected chi connectivity index (χ3v) is 4.67. The summed E-state index contributed by atoms with van der Waals surface area (Å²) < 4.78 is 7.28. The van der Waals surface area contributed by atoms with E-state index >= 15 is 0 Å². The van der Waals surface area contributed by atoms with Crippen LogP contribution in [0, 0.1) is 11.8 Å². The largest absolute Gasteiger partial charge is 0.490 e. The lowest BCUT2D eigenvalue weighted by molar-refractivity contribution is 0.0669. The standard InChI is InChI=1S/C16H24BrNO/c1-2-3-12-4-5-13(11-18)16(10-12)19-15-8-6-14(17)7-9-15/h6-9,12-13,16H,2-5,10-11,18H2,1H3. The maximum absolute atomic E-state index is 6.19. The van der Waals surface area contributed by atoms with E-state index in [9.17, 15) is 0 Å². The summed E-state index contributed by atoms with van der Waals surface area (Å²) in [6.07, 6.45) is 6.56. The molecule has 2 N–H and O–H groups in total. The fraction of sp³-hybridized carbons (Fsp3) is 0.625. The first-order valence-corrected chi connectivity index (χ1v) is 8.14. The van der Waals surface area contributed by atoms with Crippen molar-refractivity contribution < 1.29 is 4.74 Å². The van der Waals surface area contributed by atoms with Crippen LogP contribution in [0.5, 0.6) is 5.75 Å². The fourth-order valence-electron chi connectivity index (χ4n) is 3.05. The maximum atomic E-state index is 6.19. The van der Waals surface area contributed by atoms with Crippen LogP contribution in [-0.2, 0) is 0 Å². The van der Waals surface area contributed by atoms with Crippen molar-refractivity contribution in [3.05, 3.63) is 28.7 Å². The molecule has 0 aromatic heterocycles. The van der Waals surface area contributed by atoms with Crippen molar-refractivity contribution in [1.29, 1.82) is 0 Å². The molecule has 0 aliphatic heterocycles. The Labute approximate surface area is 124 Å². The molecule has 1 aliphatic rings. The molecule has 3 atom stereocenters. The number of hydrogen-bond acceptors (Lipinski definition) is 2. The average Bonchev–Trinajstić information content (AvgIpc) is 2.42. The molecule has 0 heterocycles. The van der Waals surface area contributed by atoms with Gasteiger partial charge >= 0.3 is 0 Å². The third kappa shape index (κ3) is 4.22. The van der Waals surface area contributed by atoms with Gasteiger partial charge in [-0.2, -0.15) is 0 Å². The highest BCUT2D eigenvalue weighted by Crippen LogP contribution is 2.34. The van der Waals surface area contributed by atoms with Crippen molar-refractivity contribution in [2.75, 3.05) is 6.54 Å². The second kappa shape index (κ2) is 7.30. The molecule has 1 saturated carbocycles. The van der Waals surface area contributed by atoms with Crippen LogP contribution in [0.2, 0.25) is 0 Å². The van der Waals surface area contributed by atoms with Gasteiger partial charge in [0.25, 0.3) is 0 Å². The van der Waals surface area contributed by atoms with Crippen molar-refractivity contribution in [1.82, 2.24) is 0 Å². The lowest BCUT2D eigenvalue weighted by atomic mass is 9.78. The predicted molar refractivity (Wildman–Crippen MR) is 83.4 cm³/mol. The fourth-order valence-corrected chi connectivity index (χ4v) is 3.31. The highest BCUT2D eigenvalue weighted by Gasteiger charge is 2.30. The molecule has 1 fully saturated rings. The minimum Gasteiger partial charge on any atom is -0.490 e. The van der Waals surface area contributed by atoms with Gasteiger partial charge in [0.1, 0.15) is 11.9 Å². The summed E-state index contributed by atoms with van der Waals surface area (Å²) in [6.45, 7) is 3.00. The topological polar surface area (TPSA) is 35.2 Å². The number of benzene rings is 1. The molecular formula is C16H24BrNO. The van der Waals surface area contributed by atoms with E-state index in [1.54, 1.807) is 0 Å². The van der Waals surface area contributed by atoms with Gasteiger partial charge in [-0.25, -0.2) is 0 Å². The van der Waals surface area contributed by atoms with Gasteiger partial charge in [0.15, 0.2) is 0 Å². The van der Waals surface area contributed by atoms with Gasteiger partial charge in [-0.1, -0.05) is 35.7 Å². The first-order chi connectivity index (χ1) is 9.22. The van der Waals surface area contributed by atoms with Crippen LogP contribution in [0.25, 0.3) is 0 Å². The maximum Gasteiger partial charge on any atom is 0.119 e. The molecular weight excluding hydrogens is 302 g/mol. The van der Waals surface area contributed by atoms with Crippen LogP contribution < -0.4 is 10.5 Å². The SMILES string of the molecule is CCCC1CCC(CN)C(Oc2ccc(Br)cc2)C1. The molecule has 19 heavy (non-hydrogen) atoms. The minimum atomic E-state index is 0.288. The third-order valence-electron chi connectivity index (χ3n) is 4.14. The van der Waals surface area contributed by atoms with Crippen LogP contribution in [0.15, 0.2) is 28.7 Å². The van der Waals surface area contributed by atoms with Gasteiger partial charge in [-0.3, -0.25) is 0 Å². The van der Waals surface area contributed by atoms with Gasteiger partial charge in [0.05, 0.1) is 0 Å². The first-order valence-electron chi connectivity index (χ1n) is 7.35. The quantitative estimate of drug-likeness (QED) is 0.872. The monoisotopic (exact) mass is 325 g/mol. The lowest BCUT2D eigenvalue weighted by Gasteiger charge is -2.35. The molecule has 2 rings (SSSR count). The van der Waals surface area contributed by atoms with Crippen LogP contribution in [0.4, 0.5) is 0 Å². The normalized spacial score (nSPS) is 27.2. The van der Waals surface area contributed by atoms with E-state index in [0.717, 1.165) is 29.1 Å². The molecule has 0 radical (unpaired) electrons. The molecule has 3 unspecified atom stereocenters. The molecule has 106 valence electrons. The predicted octanol–water partition coefficient (Wildman–Crippen LogP) is 4.37. The van der Waals surface area contributed by atoms with E-state index in [1.165, 1.54) is 25.7 Å². The first kappa shape index (κ1) is 14.9. The zero-order valence-corrected chi connectivity index (χ0v) is 13.2. The van der Waals surface area contributed by atoms with Crippen molar-refractivity contribution in [3.63, 3.8) is 0 Å². The summed E-state index contributed by atoms with van der Waals surface area (Å²) in [5, 5.41) is 0. The molecule has 2 nitrogen and oxygen atoms in total. The Kier molecular flexibility index (Phi) is 5.71. The van der Waals surface area contributed by atoms with Gasteiger partial charge in [0.2, 0.25) is 0 Å². The van der Waals surface area contributed by atoms with Crippen LogP contribution in [0.1, 0.15) is 39.0 Å². The summed E-state index contributed by atoms with van der Waals surface area (Å²) in [7, 11) is 0. The molecule has 0 bridgehead atoms. The van der Waals surface area contributed by atoms with Crippen molar-refractivity contribution >= 4 is 15.9 Å². The van der Waals surface area contributed by atoms with Crippen molar-refractivity contribution in [3.8, 4) is 5.75 Å². The highest BCUT2D eigenvalue weighted by molar-refractivity contribution is 9.10. The second-order valence-corrected chi connectivity index (χ2v) is 6.49. The Morgan fingerprint density at radius 3 is 2.63 bits per heavy atom. The van der Waals surface area contributed by atoms with E-state index in [0.29, 0.717) is 5.92 Å². The second-order valence-electron chi connectivity index (χ2n) is 5.57. The summed E-state index contributed by atoms with van der Waals surface area (Å²) >= 11 is 3.45. The molecule has 1 aromatic rings. The zero-order valence-electron chi connectivity index (χ0n) is 11.6. The number of rotatable bonds is 5. The van der Waals surface area contributed by atoms with E-state index < -0.39 is 0 Å². The van der Waals surface area contributed by atoms with Gasteiger partial charge in [-0.15, -0.1) is 0 Å². The molecule has 1 aliphatic carbocycles. The summed E-state index contributed by atoms with van der Waals surface area (Å²) in [5.41, 5.74) is 5.90. The lowest BCUT2D eigenvalue weighted by Crippen LogP contribution is -2.38. The van der Waals surface area contributed by atoms with E-state index in [4.69, 9.17) is 10.5 Å². The number of hydrogen-bond donors (Lipinski definition) is 1. The Hall–Kier alpha value is -0.540.